The maximum atomic E-state index is 14.0. The molecule has 0 saturated carbocycles. The molecule has 1 amide bonds. The van der Waals surface area contributed by atoms with Gasteiger partial charge >= 0.3 is 5.97 Å². The number of aromatic nitrogens is 2. The van der Waals surface area contributed by atoms with E-state index in [0.717, 1.165) is 27.9 Å². The third-order valence-corrected chi connectivity index (χ3v) is 6.20. The number of para-hydroxylation sites is 2. The molecule has 1 aliphatic heterocycles. The van der Waals surface area contributed by atoms with Crippen molar-refractivity contribution in [2.75, 3.05) is 18.1 Å². The SMILES string of the molecule is CCOC(=O)[C@H]1C(=O)N(Cc2ccccc2)c2nc3ccccc3n2[C@H]1c1ccc(OCC)cc1. The number of benzene rings is 3. The molecule has 0 bridgehead atoms. The number of amides is 1. The fourth-order valence-corrected chi connectivity index (χ4v) is 4.69. The number of esters is 1. The summed E-state index contributed by atoms with van der Waals surface area (Å²) in [4.78, 5) is 33.7. The minimum Gasteiger partial charge on any atom is -0.494 e. The zero-order valence-corrected chi connectivity index (χ0v) is 19.8. The van der Waals surface area contributed by atoms with Crippen LogP contribution in [0.3, 0.4) is 0 Å². The number of anilines is 1. The summed E-state index contributed by atoms with van der Waals surface area (Å²) >= 11 is 0. The molecule has 0 aliphatic carbocycles. The summed E-state index contributed by atoms with van der Waals surface area (Å²) < 4.78 is 13.0. The quantitative estimate of drug-likeness (QED) is 0.288. The molecular weight excluding hydrogens is 442 g/mol. The number of ether oxygens (including phenoxy) is 2. The Labute approximate surface area is 203 Å². The minimum absolute atomic E-state index is 0.189. The number of hydrogen-bond acceptors (Lipinski definition) is 5. The van der Waals surface area contributed by atoms with Crippen LogP contribution in [0.15, 0.2) is 78.9 Å². The second-order valence-electron chi connectivity index (χ2n) is 8.36. The van der Waals surface area contributed by atoms with Crippen molar-refractivity contribution >= 4 is 28.9 Å². The molecule has 0 unspecified atom stereocenters. The molecule has 1 aromatic heterocycles. The van der Waals surface area contributed by atoms with Crippen molar-refractivity contribution in [3.8, 4) is 5.75 Å². The molecule has 3 aromatic carbocycles. The summed E-state index contributed by atoms with van der Waals surface area (Å²) in [5, 5.41) is 0. The molecule has 35 heavy (non-hydrogen) atoms. The number of carbonyl (C=O) groups is 2. The van der Waals surface area contributed by atoms with Crippen LogP contribution in [0.2, 0.25) is 0 Å². The molecule has 0 N–H and O–H groups in total. The van der Waals surface area contributed by atoms with Crippen LogP contribution in [0.4, 0.5) is 5.95 Å². The predicted octanol–water partition coefficient (Wildman–Crippen LogP) is 4.75. The number of fused-ring (bicyclic) bond motifs is 3. The average molecular weight is 470 g/mol. The fourth-order valence-electron chi connectivity index (χ4n) is 4.69. The zero-order chi connectivity index (χ0) is 24.4. The predicted molar refractivity (Wildman–Crippen MR) is 133 cm³/mol. The van der Waals surface area contributed by atoms with E-state index in [0.29, 0.717) is 19.1 Å². The molecule has 4 aromatic rings. The van der Waals surface area contributed by atoms with Crippen molar-refractivity contribution in [3.05, 3.63) is 90.0 Å². The van der Waals surface area contributed by atoms with Gasteiger partial charge in [-0.3, -0.25) is 14.5 Å². The number of rotatable bonds is 7. The van der Waals surface area contributed by atoms with E-state index in [9.17, 15) is 9.59 Å². The molecule has 0 fully saturated rings. The minimum atomic E-state index is -1.05. The van der Waals surface area contributed by atoms with Crippen molar-refractivity contribution in [3.63, 3.8) is 0 Å². The Bertz CT molecular complexity index is 1350. The van der Waals surface area contributed by atoms with Gasteiger partial charge in [-0.25, -0.2) is 4.98 Å². The van der Waals surface area contributed by atoms with Crippen LogP contribution in [0.25, 0.3) is 11.0 Å². The van der Waals surface area contributed by atoms with Gasteiger partial charge in [-0.05, 0) is 49.2 Å². The summed E-state index contributed by atoms with van der Waals surface area (Å²) in [6.07, 6.45) is 0. The highest BCUT2D eigenvalue weighted by atomic mass is 16.5. The Kier molecular flexibility index (Phi) is 6.23. The fraction of sp³-hybridized carbons (Fsp3) is 0.250. The monoisotopic (exact) mass is 469 g/mol. The Balaban J connectivity index is 1.71. The standard InChI is InChI=1S/C28H27N3O4/c1-3-34-21-16-14-20(15-17-21)25-24(27(33)35-4-2)26(32)30(18-19-10-6-5-7-11-19)28-29-22-12-8-9-13-23(22)31(25)28/h5-17,24-25H,3-4,18H2,1-2H3/t24-,25+/m1/s1. The largest absolute Gasteiger partial charge is 0.494 e. The Morgan fingerprint density at radius 1 is 0.914 bits per heavy atom. The van der Waals surface area contributed by atoms with Crippen molar-refractivity contribution in [1.29, 1.82) is 0 Å². The first-order valence-corrected chi connectivity index (χ1v) is 11.8. The van der Waals surface area contributed by atoms with E-state index in [1.807, 2.05) is 90.4 Å². The van der Waals surface area contributed by atoms with Gasteiger partial charge in [0.1, 0.15) is 5.75 Å². The molecule has 7 heteroatoms. The zero-order valence-electron chi connectivity index (χ0n) is 19.8. The first-order valence-electron chi connectivity index (χ1n) is 11.8. The smallest absolute Gasteiger partial charge is 0.321 e. The normalized spacial score (nSPS) is 17.3. The third kappa shape index (κ3) is 4.14. The summed E-state index contributed by atoms with van der Waals surface area (Å²) in [6.45, 7) is 4.72. The van der Waals surface area contributed by atoms with Crippen LogP contribution >= 0.6 is 0 Å². The van der Waals surface area contributed by atoms with Gasteiger partial charge in [0.2, 0.25) is 11.9 Å². The van der Waals surface area contributed by atoms with E-state index in [2.05, 4.69) is 0 Å². The van der Waals surface area contributed by atoms with Crippen LogP contribution in [-0.4, -0.2) is 34.6 Å². The average Bonchev–Trinajstić information content (AvgIpc) is 3.26. The molecule has 7 nitrogen and oxygen atoms in total. The molecule has 0 spiro atoms. The molecule has 1 aliphatic rings. The van der Waals surface area contributed by atoms with E-state index in [1.54, 1.807) is 11.8 Å². The summed E-state index contributed by atoms with van der Waals surface area (Å²) in [7, 11) is 0. The molecule has 2 atom stereocenters. The van der Waals surface area contributed by atoms with Gasteiger partial charge in [0.15, 0.2) is 5.92 Å². The van der Waals surface area contributed by atoms with Gasteiger partial charge in [0, 0.05) is 0 Å². The van der Waals surface area contributed by atoms with E-state index in [-0.39, 0.29) is 12.5 Å². The third-order valence-electron chi connectivity index (χ3n) is 6.20. The highest BCUT2D eigenvalue weighted by molar-refractivity contribution is 6.08. The summed E-state index contributed by atoms with van der Waals surface area (Å²) in [5.74, 6) is -0.680. The van der Waals surface area contributed by atoms with Crippen LogP contribution in [0.5, 0.6) is 5.75 Å². The van der Waals surface area contributed by atoms with Crippen LogP contribution in [0, 0.1) is 5.92 Å². The van der Waals surface area contributed by atoms with E-state index < -0.39 is 17.9 Å². The molecule has 2 heterocycles. The Morgan fingerprint density at radius 2 is 1.63 bits per heavy atom. The first-order chi connectivity index (χ1) is 17.1. The van der Waals surface area contributed by atoms with Crippen LogP contribution in [-0.2, 0) is 20.9 Å². The van der Waals surface area contributed by atoms with Gasteiger partial charge in [-0.15, -0.1) is 0 Å². The summed E-state index contributed by atoms with van der Waals surface area (Å²) in [6, 6.07) is 24.4. The molecule has 0 saturated heterocycles. The second kappa shape index (κ2) is 9.62. The Morgan fingerprint density at radius 3 is 2.34 bits per heavy atom. The highest BCUT2D eigenvalue weighted by Gasteiger charge is 2.47. The van der Waals surface area contributed by atoms with Crippen LogP contribution in [0.1, 0.15) is 31.0 Å². The van der Waals surface area contributed by atoms with Gasteiger partial charge in [0.05, 0.1) is 36.8 Å². The van der Waals surface area contributed by atoms with Crippen molar-refractivity contribution in [2.24, 2.45) is 5.92 Å². The molecule has 178 valence electrons. The molecule has 0 radical (unpaired) electrons. The molecule has 5 rings (SSSR count). The second-order valence-corrected chi connectivity index (χ2v) is 8.36. The Hall–Kier alpha value is -4.13. The lowest BCUT2D eigenvalue weighted by Gasteiger charge is -2.38. The van der Waals surface area contributed by atoms with E-state index in [1.165, 1.54) is 0 Å². The van der Waals surface area contributed by atoms with Crippen molar-refractivity contribution in [1.82, 2.24) is 9.55 Å². The van der Waals surface area contributed by atoms with Gasteiger partial charge in [-0.2, -0.15) is 0 Å². The summed E-state index contributed by atoms with van der Waals surface area (Å²) in [5.41, 5.74) is 3.36. The van der Waals surface area contributed by atoms with Gasteiger partial charge < -0.3 is 14.0 Å². The van der Waals surface area contributed by atoms with Gasteiger partial charge in [-0.1, -0.05) is 54.6 Å². The van der Waals surface area contributed by atoms with Crippen LogP contribution < -0.4 is 9.64 Å². The van der Waals surface area contributed by atoms with E-state index in [4.69, 9.17) is 14.5 Å². The van der Waals surface area contributed by atoms with Crippen molar-refractivity contribution in [2.45, 2.75) is 26.4 Å². The van der Waals surface area contributed by atoms with Crippen molar-refractivity contribution < 1.29 is 19.1 Å². The van der Waals surface area contributed by atoms with Gasteiger partial charge in [0.25, 0.3) is 0 Å². The lowest BCUT2D eigenvalue weighted by atomic mass is 9.89. The van der Waals surface area contributed by atoms with E-state index >= 15 is 0 Å². The maximum absolute atomic E-state index is 14.0. The topological polar surface area (TPSA) is 73.7 Å². The maximum Gasteiger partial charge on any atom is 0.321 e. The molecular formula is C28H27N3O4. The number of imidazole rings is 1. The first kappa shape index (κ1) is 22.7. The number of hydrogen-bond donors (Lipinski definition) is 0. The number of carbonyl (C=O) groups excluding carboxylic acids is 2. The lowest BCUT2D eigenvalue weighted by Crippen LogP contribution is -2.49. The highest BCUT2D eigenvalue weighted by Crippen LogP contribution is 2.42. The lowest BCUT2D eigenvalue weighted by molar-refractivity contribution is -0.153. The number of nitrogens with zero attached hydrogens (tertiary/aromatic N) is 3.